The molecule has 0 radical (unpaired) electrons. The zero-order valence-electron chi connectivity index (χ0n) is 13.3. The Labute approximate surface area is 117 Å². The predicted molar refractivity (Wildman–Crippen MR) is 79.1 cm³/mol. The van der Waals surface area contributed by atoms with E-state index in [1.54, 1.807) is 14.2 Å². The summed E-state index contributed by atoms with van der Waals surface area (Å²) >= 11 is 0. The van der Waals surface area contributed by atoms with Gasteiger partial charge in [0.15, 0.2) is 0 Å². The Kier molecular flexibility index (Phi) is 8.22. The van der Waals surface area contributed by atoms with Crippen molar-refractivity contribution >= 4 is 5.91 Å². The van der Waals surface area contributed by atoms with Crippen molar-refractivity contribution in [3.8, 4) is 0 Å². The van der Waals surface area contributed by atoms with Gasteiger partial charge in [0.25, 0.3) is 0 Å². The lowest BCUT2D eigenvalue weighted by Gasteiger charge is -2.38. The topological polar surface area (TPSA) is 67.6 Å². The molecule has 0 aromatic carbocycles. The predicted octanol–water partition coefficient (Wildman–Crippen LogP) is 0.975. The molecule has 0 heterocycles. The van der Waals surface area contributed by atoms with E-state index in [0.29, 0.717) is 19.1 Å². The van der Waals surface area contributed by atoms with Crippen LogP contribution in [0.15, 0.2) is 0 Å². The molecule has 0 aliphatic heterocycles. The highest BCUT2D eigenvalue weighted by atomic mass is 16.5. The van der Waals surface area contributed by atoms with E-state index in [2.05, 4.69) is 31.0 Å². The third-order valence-electron chi connectivity index (χ3n) is 4.08. The molecular formula is C14H31N3O2. The number of amides is 1. The number of primary amides is 1. The lowest BCUT2D eigenvalue weighted by atomic mass is 9.91. The average molecular weight is 273 g/mol. The van der Waals surface area contributed by atoms with Gasteiger partial charge in [-0.3, -0.25) is 9.69 Å². The fourth-order valence-corrected chi connectivity index (χ4v) is 2.34. The van der Waals surface area contributed by atoms with Crippen LogP contribution in [0.4, 0.5) is 0 Å². The fourth-order valence-electron chi connectivity index (χ4n) is 2.34. The van der Waals surface area contributed by atoms with Gasteiger partial charge < -0.3 is 15.8 Å². The van der Waals surface area contributed by atoms with Crippen molar-refractivity contribution in [3.63, 3.8) is 0 Å². The second kappa shape index (κ2) is 8.51. The molecule has 3 N–H and O–H groups in total. The molecule has 0 aromatic rings. The molecule has 114 valence electrons. The Balaban J connectivity index is 4.78. The van der Waals surface area contributed by atoms with Gasteiger partial charge in [-0.2, -0.15) is 0 Å². The molecule has 0 aliphatic rings. The van der Waals surface area contributed by atoms with Crippen LogP contribution < -0.4 is 11.1 Å². The molecule has 1 amide bonds. The normalized spacial score (nSPS) is 18.1. The molecule has 0 spiro atoms. The number of likely N-dealkylation sites (N-methyl/N-ethyl adjacent to an activating group) is 1. The summed E-state index contributed by atoms with van der Waals surface area (Å²) in [5, 5.41) is 3.04. The number of hydrogen-bond acceptors (Lipinski definition) is 4. The Morgan fingerprint density at radius 1 is 1.42 bits per heavy atom. The van der Waals surface area contributed by atoms with Crippen LogP contribution in [0.1, 0.15) is 40.5 Å². The maximum atomic E-state index is 11.6. The molecule has 0 bridgehead atoms. The summed E-state index contributed by atoms with van der Waals surface area (Å²) in [4.78, 5) is 14.0. The van der Waals surface area contributed by atoms with E-state index < -0.39 is 5.54 Å². The Bertz CT molecular complexity index is 273. The molecule has 0 rings (SSSR count). The van der Waals surface area contributed by atoms with Crippen LogP contribution in [0.3, 0.4) is 0 Å². The Morgan fingerprint density at radius 2 is 2.00 bits per heavy atom. The van der Waals surface area contributed by atoms with Crippen LogP contribution in [0.5, 0.6) is 0 Å². The lowest BCUT2D eigenvalue weighted by molar-refractivity contribution is -0.124. The Hall–Kier alpha value is -0.650. The minimum absolute atomic E-state index is 0.259. The van der Waals surface area contributed by atoms with Crippen LogP contribution in [-0.4, -0.2) is 55.7 Å². The number of carbonyl (C=O) groups is 1. The van der Waals surface area contributed by atoms with E-state index in [1.165, 1.54) is 0 Å². The van der Waals surface area contributed by atoms with E-state index in [4.69, 9.17) is 10.5 Å². The van der Waals surface area contributed by atoms with Gasteiger partial charge in [0.05, 0.1) is 12.1 Å². The summed E-state index contributed by atoms with van der Waals surface area (Å²) in [6.45, 7) is 9.93. The van der Waals surface area contributed by atoms with Gasteiger partial charge in [0.2, 0.25) is 5.91 Å². The van der Waals surface area contributed by atoms with E-state index >= 15 is 0 Å². The number of ether oxygens (including phenoxy) is 1. The number of rotatable bonds is 10. The van der Waals surface area contributed by atoms with Crippen LogP contribution in [0, 0.1) is 0 Å². The summed E-state index contributed by atoms with van der Waals surface area (Å²) in [5.41, 5.74) is 4.83. The van der Waals surface area contributed by atoms with Gasteiger partial charge in [-0.05, 0) is 40.7 Å². The molecule has 3 unspecified atom stereocenters. The molecule has 0 aromatic heterocycles. The number of nitrogens with two attached hydrogens (primary N) is 1. The number of nitrogens with zero attached hydrogens (tertiary/aromatic N) is 1. The smallest absolute Gasteiger partial charge is 0.237 e. The minimum Gasteiger partial charge on any atom is -0.383 e. The zero-order valence-corrected chi connectivity index (χ0v) is 13.3. The standard InChI is InChI=1S/C14H31N3O2/c1-7-11(2)17(8-9-19-6)12(3)10-14(4,16-5)13(15)18/h11-12,16H,7-10H2,1-6H3,(H2,15,18). The van der Waals surface area contributed by atoms with E-state index in [1.807, 2.05) is 6.92 Å². The third-order valence-corrected chi connectivity index (χ3v) is 4.08. The maximum Gasteiger partial charge on any atom is 0.237 e. The van der Waals surface area contributed by atoms with Crippen LogP contribution >= 0.6 is 0 Å². The summed E-state index contributed by atoms with van der Waals surface area (Å²) < 4.78 is 5.17. The van der Waals surface area contributed by atoms with Crippen molar-refractivity contribution in [2.24, 2.45) is 5.73 Å². The minimum atomic E-state index is -0.668. The average Bonchev–Trinajstić information content (AvgIpc) is 2.38. The van der Waals surface area contributed by atoms with E-state index in [9.17, 15) is 4.79 Å². The highest BCUT2D eigenvalue weighted by molar-refractivity contribution is 5.84. The van der Waals surface area contributed by atoms with Crippen molar-refractivity contribution in [2.75, 3.05) is 27.3 Å². The van der Waals surface area contributed by atoms with Crippen molar-refractivity contribution in [1.29, 1.82) is 0 Å². The summed E-state index contributed by atoms with van der Waals surface area (Å²) in [5.74, 6) is -0.308. The molecule has 0 aliphatic carbocycles. The molecule has 0 saturated heterocycles. The number of carbonyl (C=O) groups excluding carboxylic acids is 1. The summed E-state index contributed by atoms with van der Waals surface area (Å²) in [7, 11) is 3.49. The van der Waals surface area contributed by atoms with Gasteiger partial charge >= 0.3 is 0 Å². The van der Waals surface area contributed by atoms with Crippen LogP contribution in [0.2, 0.25) is 0 Å². The first kappa shape index (κ1) is 18.4. The first-order valence-corrected chi connectivity index (χ1v) is 7.05. The monoisotopic (exact) mass is 273 g/mol. The molecule has 0 fully saturated rings. The molecule has 5 nitrogen and oxygen atoms in total. The molecule has 3 atom stereocenters. The molecule has 0 saturated carbocycles. The SMILES string of the molecule is CCC(C)N(CCOC)C(C)CC(C)(NC)C(N)=O. The number of nitrogens with one attached hydrogen (secondary N) is 1. The quantitative estimate of drug-likeness (QED) is 0.622. The van der Waals surface area contributed by atoms with Crippen molar-refractivity contribution in [3.05, 3.63) is 0 Å². The third kappa shape index (κ3) is 5.47. The fraction of sp³-hybridized carbons (Fsp3) is 0.929. The van der Waals surface area contributed by atoms with Crippen LogP contribution in [-0.2, 0) is 9.53 Å². The van der Waals surface area contributed by atoms with Crippen LogP contribution in [0.25, 0.3) is 0 Å². The van der Waals surface area contributed by atoms with Crippen molar-refractivity contribution in [1.82, 2.24) is 10.2 Å². The number of methoxy groups -OCH3 is 1. The second-order valence-electron chi connectivity index (χ2n) is 5.49. The number of hydrogen-bond donors (Lipinski definition) is 2. The van der Waals surface area contributed by atoms with Gasteiger partial charge in [0.1, 0.15) is 0 Å². The van der Waals surface area contributed by atoms with E-state index in [-0.39, 0.29) is 11.9 Å². The van der Waals surface area contributed by atoms with Gasteiger partial charge in [-0.1, -0.05) is 6.92 Å². The summed E-state index contributed by atoms with van der Waals surface area (Å²) in [6, 6.07) is 0.717. The first-order valence-electron chi connectivity index (χ1n) is 7.05. The molecular weight excluding hydrogens is 242 g/mol. The zero-order chi connectivity index (χ0) is 15.1. The molecule has 19 heavy (non-hydrogen) atoms. The van der Waals surface area contributed by atoms with Gasteiger partial charge in [-0.25, -0.2) is 0 Å². The van der Waals surface area contributed by atoms with Gasteiger partial charge in [0, 0.05) is 25.7 Å². The van der Waals surface area contributed by atoms with Crippen molar-refractivity contribution < 1.29 is 9.53 Å². The van der Waals surface area contributed by atoms with Crippen molar-refractivity contribution in [2.45, 2.75) is 58.2 Å². The second-order valence-corrected chi connectivity index (χ2v) is 5.49. The lowest BCUT2D eigenvalue weighted by Crippen LogP contribution is -2.56. The molecule has 5 heteroatoms. The first-order chi connectivity index (χ1) is 8.82. The summed E-state index contributed by atoms with van der Waals surface area (Å²) in [6.07, 6.45) is 1.76. The largest absolute Gasteiger partial charge is 0.383 e. The highest BCUT2D eigenvalue weighted by Gasteiger charge is 2.33. The van der Waals surface area contributed by atoms with Gasteiger partial charge in [-0.15, -0.1) is 0 Å². The maximum absolute atomic E-state index is 11.6. The Morgan fingerprint density at radius 3 is 2.37 bits per heavy atom. The van der Waals surface area contributed by atoms with E-state index in [0.717, 1.165) is 13.0 Å². The highest BCUT2D eigenvalue weighted by Crippen LogP contribution is 2.18.